The molecule has 3 aromatic carbocycles. The number of aliphatic hydroxyl groups is 1. The summed E-state index contributed by atoms with van der Waals surface area (Å²) in [6.45, 7) is 3.45. The largest absolute Gasteiger partial charge is 0.457 e. The Balaban J connectivity index is 1.36. The van der Waals surface area contributed by atoms with Crippen molar-refractivity contribution in [2.75, 3.05) is 18.4 Å². The predicted octanol–water partition coefficient (Wildman–Crippen LogP) is 4.94. The molecule has 4 aromatic rings. The summed E-state index contributed by atoms with van der Waals surface area (Å²) in [6, 6.07) is 21.5. The van der Waals surface area contributed by atoms with Gasteiger partial charge in [-0.2, -0.15) is 0 Å². The first-order valence-electron chi connectivity index (χ1n) is 11.4. The molecule has 1 saturated heterocycles. The van der Waals surface area contributed by atoms with Gasteiger partial charge in [0.15, 0.2) is 0 Å². The standard InChI is InChI=1S/C28H26N4O2/c1-20-4-2-5-24(16-20)34-23-9-7-22(8-10-23)32-27-25-17-21(6-11-26(25)30-19-31-27)12-14-28(33)13-3-15-29-18-28/h2,4-11,16-17,19,29,33H,3,13,15,18H2,1H3,(H,30,31,32). The number of hydrogen-bond donors (Lipinski definition) is 3. The van der Waals surface area contributed by atoms with Gasteiger partial charge in [0, 0.05) is 23.2 Å². The van der Waals surface area contributed by atoms with Gasteiger partial charge in [0.25, 0.3) is 0 Å². The summed E-state index contributed by atoms with van der Waals surface area (Å²) < 4.78 is 5.94. The molecule has 1 unspecified atom stereocenters. The van der Waals surface area contributed by atoms with Gasteiger partial charge in [-0.05, 0) is 86.5 Å². The molecule has 170 valence electrons. The molecule has 1 aliphatic heterocycles. The van der Waals surface area contributed by atoms with E-state index >= 15 is 0 Å². The quantitative estimate of drug-likeness (QED) is 0.382. The number of β-amino-alcohol motifs (C(OH)–C–C–N with tert-alkyl or cyclic N) is 1. The molecule has 0 bridgehead atoms. The Hall–Kier alpha value is -3.92. The maximum Gasteiger partial charge on any atom is 0.141 e. The van der Waals surface area contributed by atoms with Gasteiger partial charge >= 0.3 is 0 Å². The second-order valence-corrected chi connectivity index (χ2v) is 8.58. The van der Waals surface area contributed by atoms with E-state index in [0.29, 0.717) is 18.8 Å². The van der Waals surface area contributed by atoms with Crippen LogP contribution in [0.3, 0.4) is 0 Å². The highest BCUT2D eigenvalue weighted by Gasteiger charge is 2.26. The Bertz CT molecular complexity index is 1370. The molecule has 0 amide bonds. The molecular formula is C28H26N4O2. The van der Waals surface area contributed by atoms with Crippen LogP contribution in [0.15, 0.2) is 73.1 Å². The lowest BCUT2D eigenvalue weighted by Crippen LogP contribution is -2.44. The Morgan fingerprint density at radius 2 is 1.91 bits per heavy atom. The van der Waals surface area contributed by atoms with E-state index < -0.39 is 5.60 Å². The Kier molecular flexibility index (Phi) is 6.13. The fourth-order valence-corrected chi connectivity index (χ4v) is 3.98. The zero-order valence-electron chi connectivity index (χ0n) is 19.0. The molecule has 0 saturated carbocycles. The number of benzene rings is 3. The van der Waals surface area contributed by atoms with Crippen LogP contribution in [-0.2, 0) is 0 Å². The molecule has 0 radical (unpaired) electrons. The number of ether oxygens (including phenoxy) is 1. The molecule has 1 atom stereocenters. The molecule has 1 aromatic heterocycles. The number of rotatable bonds is 4. The monoisotopic (exact) mass is 450 g/mol. The van der Waals surface area contributed by atoms with Gasteiger partial charge in [-0.3, -0.25) is 0 Å². The molecule has 5 rings (SSSR count). The SMILES string of the molecule is Cc1cccc(Oc2ccc(Nc3ncnc4ccc(C#CC5(O)CCCNC5)cc34)cc2)c1. The van der Waals surface area contributed by atoms with E-state index in [9.17, 15) is 5.11 Å². The third kappa shape index (κ3) is 5.18. The summed E-state index contributed by atoms with van der Waals surface area (Å²) in [7, 11) is 0. The van der Waals surface area contributed by atoms with Crippen molar-refractivity contribution in [3.63, 3.8) is 0 Å². The van der Waals surface area contributed by atoms with E-state index in [1.54, 1.807) is 6.33 Å². The highest BCUT2D eigenvalue weighted by molar-refractivity contribution is 5.91. The van der Waals surface area contributed by atoms with Crippen LogP contribution in [-0.4, -0.2) is 33.8 Å². The van der Waals surface area contributed by atoms with Crippen molar-refractivity contribution < 1.29 is 9.84 Å². The first kappa shape index (κ1) is 21.9. The lowest BCUT2D eigenvalue weighted by atomic mass is 9.94. The topological polar surface area (TPSA) is 79.3 Å². The smallest absolute Gasteiger partial charge is 0.141 e. The Labute approximate surface area is 199 Å². The number of aryl methyl sites for hydroxylation is 1. The van der Waals surface area contributed by atoms with Gasteiger partial charge < -0.3 is 20.5 Å². The molecule has 6 nitrogen and oxygen atoms in total. The summed E-state index contributed by atoms with van der Waals surface area (Å²) >= 11 is 0. The fraction of sp³-hybridized carbons (Fsp3) is 0.214. The van der Waals surface area contributed by atoms with E-state index in [1.165, 1.54) is 0 Å². The van der Waals surface area contributed by atoms with E-state index in [4.69, 9.17) is 4.74 Å². The Morgan fingerprint density at radius 3 is 2.71 bits per heavy atom. The number of aromatic nitrogens is 2. The lowest BCUT2D eigenvalue weighted by molar-refractivity contribution is 0.0736. The Morgan fingerprint density at radius 1 is 1.03 bits per heavy atom. The van der Waals surface area contributed by atoms with Gasteiger partial charge in [-0.15, -0.1) is 0 Å². The molecule has 6 heteroatoms. The van der Waals surface area contributed by atoms with Crippen LogP contribution in [0.25, 0.3) is 10.9 Å². The highest BCUT2D eigenvalue weighted by Crippen LogP contribution is 2.27. The zero-order chi connectivity index (χ0) is 23.4. The highest BCUT2D eigenvalue weighted by atomic mass is 16.5. The number of anilines is 2. The van der Waals surface area contributed by atoms with Crippen molar-refractivity contribution >= 4 is 22.4 Å². The van der Waals surface area contributed by atoms with Crippen molar-refractivity contribution in [3.05, 3.63) is 84.2 Å². The first-order valence-corrected chi connectivity index (χ1v) is 11.4. The molecule has 1 aliphatic rings. The summed E-state index contributed by atoms with van der Waals surface area (Å²) in [4.78, 5) is 8.82. The van der Waals surface area contributed by atoms with Crippen LogP contribution in [0, 0.1) is 18.8 Å². The van der Waals surface area contributed by atoms with Crippen LogP contribution in [0.4, 0.5) is 11.5 Å². The zero-order valence-corrected chi connectivity index (χ0v) is 19.0. The number of nitrogens with one attached hydrogen (secondary N) is 2. The minimum atomic E-state index is -0.982. The van der Waals surface area contributed by atoms with Crippen LogP contribution >= 0.6 is 0 Å². The third-order valence-electron chi connectivity index (χ3n) is 5.78. The normalized spacial score (nSPS) is 17.6. The second-order valence-electron chi connectivity index (χ2n) is 8.58. The van der Waals surface area contributed by atoms with Gasteiger partial charge in [0.1, 0.15) is 29.2 Å². The number of fused-ring (bicyclic) bond motifs is 1. The number of nitrogens with zero attached hydrogens (tertiary/aromatic N) is 2. The van der Waals surface area contributed by atoms with Crippen molar-refractivity contribution in [2.45, 2.75) is 25.4 Å². The third-order valence-corrected chi connectivity index (χ3v) is 5.78. The van der Waals surface area contributed by atoms with E-state index in [-0.39, 0.29) is 0 Å². The predicted molar refractivity (Wildman–Crippen MR) is 134 cm³/mol. The van der Waals surface area contributed by atoms with Gasteiger partial charge in [-0.1, -0.05) is 24.0 Å². The molecule has 2 heterocycles. The summed E-state index contributed by atoms with van der Waals surface area (Å²) in [5.41, 5.74) is 2.69. The van der Waals surface area contributed by atoms with Crippen LogP contribution in [0.2, 0.25) is 0 Å². The van der Waals surface area contributed by atoms with E-state index in [1.807, 2.05) is 73.7 Å². The summed E-state index contributed by atoms with van der Waals surface area (Å²) in [5.74, 6) is 8.44. The van der Waals surface area contributed by atoms with Crippen LogP contribution in [0.1, 0.15) is 24.0 Å². The lowest BCUT2D eigenvalue weighted by Gasteiger charge is -2.27. The molecular weight excluding hydrogens is 424 g/mol. The minimum absolute atomic E-state index is 0.493. The second kappa shape index (κ2) is 9.52. The van der Waals surface area contributed by atoms with Crippen molar-refractivity contribution in [1.82, 2.24) is 15.3 Å². The molecule has 0 spiro atoms. The fourth-order valence-electron chi connectivity index (χ4n) is 3.98. The van der Waals surface area contributed by atoms with Crippen molar-refractivity contribution in [1.29, 1.82) is 0 Å². The summed E-state index contributed by atoms with van der Waals surface area (Å²) in [6.07, 6.45) is 3.14. The van der Waals surface area contributed by atoms with Crippen LogP contribution in [0.5, 0.6) is 11.5 Å². The molecule has 34 heavy (non-hydrogen) atoms. The maximum atomic E-state index is 10.6. The van der Waals surface area contributed by atoms with E-state index in [2.05, 4.69) is 32.4 Å². The van der Waals surface area contributed by atoms with Gasteiger partial charge in [0.2, 0.25) is 0 Å². The van der Waals surface area contributed by atoms with Crippen molar-refractivity contribution in [3.8, 4) is 23.3 Å². The average molecular weight is 451 g/mol. The molecule has 3 N–H and O–H groups in total. The molecule has 0 aliphatic carbocycles. The maximum absolute atomic E-state index is 10.6. The van der Waals surface area contributed by atoms with Crippen LogP contribution < -0.4 is 15.4 Å². The molecule has 1 fully saturated rings. The van der Waals surface area contributed by atoms with Crippen molar-refractivity contribution in [2.24, 2.45) is 0 Å². The van der Waals surface area contributed by atoms with Gasteiger partial charge in [-0.25, -0.2) is 9.97 Å². The number of hydrogen-bond acceptors (Lipinski definition) is 6. The minimum Gasteiger partial charge on any atom is -0.457 e. The van der Waals surface area contributed by atoms with Gasteiger partial charge in [0.05, 0.1) is 5.52 Å². The average Bonchev–Trinajstić information content (AvgIpc) is 2.85. The van der Waals surface area contributed by atoms with E-state index in [0.717, 1.165) is 52.2 Å². The number of piperidine rings is 1. The first-order chi connectivity index (χ1) is 16.6. The summed E-state index contributed by atoms with van der Waals surface area (Å²) in [5, 5.41) is 18.1.